The van der Waals surface area contributed by atoms with Crippen LogP contribution in [0.2, 0.25) is 5.02 Å². The average Bonchev–Trinajstić information content (AvgIpc) is 2.20. The van der Waals surface area contributed by atoms with E-state index < -0.39 is 18.0 Å². The van der Waals surface area contributed by atoms with Crippen molar-refractivity contribution < 1.29 is 18.3 Å². The Morgan fingerprint density at radius 2 is 2.31 bits per heavy atom. The van der Waals surface area contributed by atoms with Crippen molar-refractivity contribution >= 4 is 40.2 Å². The van der Waals surface area contributed by atoms with E-state index in [1.165, 1.54) is 0 Å². The van der Waals surface area contributed by atoms with Crippen molar-refractivity contribution in [2.75, 3.05) is 6.61 Å². The van der Waals surface area contributed by atoms with Crippen LogP contribution in [0.5, 0.6) is 0 Å². The second-order valence-corrected chi connectivity index (χ2v) is 4.14. The Balaban J connectivity index is 3.34. The van der Waals surface area contributed by atoms with Gasteiger partial charge >= 0.3 is 5.97 Å². The molecule has 0 aliphatic carbocycles. The molecule has 0 aliphatic heterocycles. The third kappa shape index (κ3) is 2.79. The number of carbonyl (C=O) groups excluding carboxylic acids is 1. The van der Waals surface area contributed by atoms with E-state index in [-0.39, 0.29) is 20.9 Å². The van der Waals surface area contributed by atoms with Gasteiger partial charge in [0.2, 0.25) is 0 Å². The normalized spacial score (nSPS) is 10.6. The molecular weight excluding hydrogens is 354 g/mol. The largest absolute Gasteiger partial charge is 0.462 e. The maximum absolute atomic E-state index is 12.8. The molecule has 3 nitrogen and oxygen atoms in total. The van der Waals surface area contributed by atoms with Crippen molar-refractivity contribution in [3.05, 3.63) is 26.0 Å². The summed E-state index contributed by atoms with van der Waals surface area (Å²) >= 11 is 7.30. The van der Waals surface area contributed by atoms with Crippen LogP contribution in [0.3, 0.4) is 0 Å². The lowest BCUT2D eigenvalue weighted by Gasteiger charge is -2.10. The van der Waals surface area contributed by atoms with Crippen LogP contribution >= 0.6 is 34.2 Å². The molecule has 0 amide bonds. The van der Waals surface area contributed by atoms with Crippen molar-refractivity contribution in [1.29, 1.82) is 0 Å². The Morgan fingerprint density at radius 1 is 1.69 bits per heavy atom. The van der Waals surface area contributed by atoms with Gasteiger partial charge in [0, 0.05) is 6.20 Å². The van der Waals surface area contributed by atoms with Gasteiger partial charge in [-0.3, -0.25) is 0 Å². The van der Waals surface area contributed by atoms with Crippen LogP contribution in [0.25, 0.3) is 0 Å². The summed E-state index contributed by atoms with van der Waals surface area (Å²) < 4.78 is 30.2. The maximum Gasteiger partial charge on any atom is 0.340 e. The predicted octanol–water partition coefficient (Wildman–Crippen LogP) is 3.45. The second kappa shape index (κ2) is 5.72. The standard InChI is InChI=1S/C9H7ClF2INO2/c1-2-16-9(15)5-4(10)3-14-8(13)6(5)7(11)12/h3,7H,2H2,1H3. The molecule has 1 aromatic rings. The molecule has 0 fully saturated rings. The Bertz CT molecular complexity index is 415. The monoisotopic (exact) mass is 361 g/mol. The number of esters is 1. The van der Waals surface area contributed by atoms with Crippen molar-refractivity contribution in [2.24, 2.45) is 0 Å². The molecule has 0 aromatic carbocycles. The minimum Gasteiger partial charge on any atom is -0.462 e. The minimum atomic E-state index is -2.82. The number of rotatable bonds is 3. The highest BCUT2D eigenvalue weighted by atomic mass is 127. The fourth-order valence-corrected chi connectivity index (χ4v) is 1.96. The summed E-state index contributed by atoms with van der Waals surface area (Å²) in [5.74, 6) is -0.858. The first-order valence-electron chi connectivity index (χ1n) is 4.28. The lowest BCUT2D eigenvalue weighted by atomic mass is 10.1. The molecule has 88 valence electrons. The highest BCUT2D eigenvalue weighted by Crippen LogP contribution is 2.31. The third-order valence-electron chi connectivity index (χ3n) is 1.72. The van der Waals surface area contributed by atoms with Gasteiger partial charge in [0.15, 0.2) is 0 Å². The highest BCUT2D eigenvalue weighted by Gasteiger charge is 2.26. The topological polar surface area (TPSA) is 39.2 Å². The Kier molecular flexibility index (Phi) is 4.85. The van der Waals surface area contributed by atoms with Crippen LogP contribution in [0.4, 0.5) is 8.78 Å². The fourth-order valence-electron chi connectivity index (χ4n) is 1.09. The lowest BCUT2D eigenvalue weighted by molar-refractivity contribution is 0.0515. The third-order valence-corrected chi connectivity index (χ3v) is 2.87. The van der Waals surface area contributed by atoms with Gasteiger partial charge in [-0.2, -0.15) is 0 Å². The summed E-state index contributed by atoms with van der Waals surface area (Å²) in [6.07, 6.45) is -1.67. The number of halogens is 4. The van der Waals surface area contributed by atoms with Crippen molar-refractivity contribution in [3.8, 4) is 0 Å². The molecule has 1 aromatic heterocycles. The van der Waals surface area contributed by atoms with E-state index in [2.05, 4.69) is 9.72 Å². The molecule has 0 N–H and O–H groups in total. The number of pyridine rings is 1. The van der Waals surface area contributed by atoms with Crippen molar-refractivity contribution in [3.63, 3.8) is 0 Å². The Labute approximate surface area is 109 Å². The van der Waals surface area contributed by atoms with Gasteiger partial charge in [-0.1, -0.05) is 11.6 Å². The number of carbonyl (C=O) groups is 1. The average molecular weight is 362 g/mol. The molecule has 1 heterocycles. The summed E-state index contributed by atoms with van der Waals surface area (Å²) in [5.41, 5.74) is -0.788. The van der Waals surface area contributed by atoms with Crippen LogP contribution in [-0.2, 0) is 4.74 Å². The molecule has 0 saturated carbocycles. The number of hydrogen-bond acceptors (Lipinski definition) is 3. The van der Waals surface area contributed by atoms with Crippen LogP contribution in [-0.4, -0.2) is 17.6 Å². The van der Waals surface area contributed by atoms with Crippen molar-refractivity contribution in [1.82, 2.24) is 4.98 Å². The molecule has 0 bridgehead atoms. The molecule has 1 rings (SSSR count). The molecule has 0 atom stereocenters. The lowest BCUT2D eigenvalue weighted by Crippen LogP contribution is -2.11. The van der Waals surface area contributed by atoms with E-state index in [1.807, 2.05) is 0 Å². The van der Waals surface area contributed by atoms with Gasteiger partial charge in [0.05, 0.1) is 22.8 Å². The number of alkyl halides is 2. The van der Waals surface area contributed by atoms with Gasteiger partial charge in [-0.15, -0.1) is 0 Å². The van der Waals surface area contributed by atoms with Gasteiger partial charge in [-0.05, 0) is 29.5 Å². The van der Waals surface area contributed by atoms with E-state index in [1.54, 1.807) is 29.5 Å². The Hall–Kier alpha value is -0.500. The van der Waals surface area contributed by atoms with Gasteiger partial charge in [-0.25, -0.2) is 18.6 Å². The zero-order chi connectivity index (χ0) is 12.3. The summed E-state index contributed by atoms with van der Waals surface area (Å²) in [6.45, 7) is 1.68. The molecule has 0 unspecified atom stereocenters. The number of ether oxygens (including phenoxy) is 1. The predicted molar refractivity (Wildman–Crippen MR) is 62.9 cm³/mol. The highest BCUT2D eigenvalue weighted by molar-refractivity contribution is 14.1. The summed E-state index contributed by atoms with van der Waals surface area (Å²) in [7, 11) is 0. The minimum absolute atomic E-state index is 0.0417. The van der Waals surface area contributed by atoms with Crippen LogP contribution in [0, 0.1) is 3.70 Å². The van der Waals surface area contributed by atoms with E-state index >= 15 is 0 Å². The first-order chi connectivity index (χ1) is 7.49. The van der Waals surface area contributed by atoms with E-state index in [0.29, 0.717) is 0 Å². The van der Waals surface area contributed by atoms with Crippen LogP contribution in [0.1, 0.15) is 29.3 Å². The number of aromatic nitrogens is 1. The summed E-state index contributed by atoms with van der Waals surface area (Å²) in [6, 6.07) is 0. The van der Waals surface area contributed by atoms with E-state index in [9.17, 15) is 13.6 Å². The fraction of sp³-hybridized carbons (Fsp3) is 0.333. The maximum atomic E-state index is 12.8. The van der Waals surface area contributed by atoms with Crippen LogP contribution in [0.15, 0.2) is 6.20 Å². The SMILES string of the molecule is CCOC(=O)c1c(Cl)cnc(I)c1C(F)F. The number of hydrogen-bond donors (Lipinski definition) is 0. The first-order valence-corrected chi connectivity index (χ1v) is 5.73. The van der Waals surface area contributed by atoms with E-state index in [0.717, 1.165) is 6.20 Å². The molecule has 0 aliphatic rings. The van der Waals surface area contributed by atoms with Crippen molar-refractivity contribution in [2.45, 2.75) is 13.3 Å². The quantitative estimate of drug-likeness (QED) is 0.470. The Morgan fingerprint density at radius 3 is 2.81 bits per heavy atom. The second-order valence-electron chi connectivity index (χ2n) is 2.71. The smallest absolute Gasteiger partial charge is 0.340 e. The van der Waals surface area contributed by atoms with Gasteiger partial charge in [0.1, 0.15) is 3.70 Å². The molecule has 7 heteroatoms. The zero-order valence-electron chi connectivity index (χ0n) is 8.14. The molecule has 16 heavy (non-hydrogen) atoms. The molecule has 0 saturated heterocycles. The summed E-state index contributed by atoms with van der Waals surface area (Å²) in [4.78, 5) is 15.1. The first kappa shape index (κ1) is 13.6. The molecule has 0 radical (unpaired) electrons. The van der Waals surface area contributed by atoms with Gasteiger partial charge < -0.3 is 4.74 Å². The number of nitrogens with zero attached hydrogens (tertiary/aromatic N) is 1. The summed E-state index contributed by atoms with van der Waals surface area (Å²) in [5, 5.41) is -0.130. The van der Waals surface area contributed by atoms with E-state index in [4.69, 9.17) is 11.6 Å². The molecule has 0 spiro atoms. The van der Waals surface area contributed by atoms with Gasteiger partial charge in [0.25, 0.3) is 6.43 Å². The zero-order valence-corrected chi connectivity index (χ0v) is 11.1. The van der Waals surface area contributed by atoms with Crippen LogP contribution < -0.4 is 0 Å². The molecular formula is C9H7ClF2INO2.